The van der Waals surface area contributed by atoms with Crippen molar-refractivity contribution in [3.63, 3.8) is 0 Å². The maximum Gasteiger partial charge on any atom is 0.0561 e. The van der Waals surface area contributed by atoms with Crippen molar-refractivity contribution in [1.82, 2.24) is 4.57 Å². The fourth-order valence-electron chi connectivity index (χ4n) is 9.82. The number of aromatic nitrogens is 1. The average Bonchev–Trinajstić information content (AvgIpc) is 3.94. The molecule has 0 fully saturated rings. The molecule has 3 heteroatoms. The van der Waals surface area contributed by atoms with Gasteiger partial charge in [-0.3, -0.25) is 0 Å². The van der Waals surface area contributed by atoms with Gasteiger partial charge in [-0.15, -0.1) is 0 Å². The SMILES string of the molecule is c1ccc(N(c2ccccc2)c2ccc3c(c2)[C@@]2(CC3)CCc3ccc(N(c4ccccc4)c4ccc5c6ccccc6n(-c6ccccc6)c5c4)cc32)cc1. The van der Waals surface area contributed by atoms with E-state index in [-0.39, 0.29) is 5.41 Å². The molecule has 1 heterocycles. The van der Waals surface area contributed by atoms with Crippen LogP contribution >= 0.6 is 0 Å². The molecule has 268 valence electrons. The lowest BCUT2D eigenvalue weighted by atomic mass is 9.76. The lowest BCUT2D eigenvalue weighted by Crippen LogP contribution is -2.22. The Hall–Kier alpha value is -6.84. The first kappa shape index (κ1) is 32.6. The first-order valence-corrected chi connectivity index (χ1v) is 19.9. The van der Waals surface area contributed by atoms with Crippen LogP contribution in [0.15, 0.2) is 200 Å². The number of hydrogen-bond acceptors (Lipinski definition) is 2. The van der Waals surface area contributed by atoms with E-state index in [9.17, 15) is 0 Å². The number of nitrogens with zero attached hydrogens (tertiary/aromatic N) is 3. The van der Waals surface area contributed by atoms with E-state index in [1.54, 1.807) is 0 Å². The quantitative estimate of drug-likeness (QED) is 0.162. The molecule has 0 aliphatic heterocycles. The molecule has 1 spiro atoms. The van der Waals surface area contributed by atoms with Crippen molar-refractivity contribution in [2.75, 3.05) is 9.80 Å². The molecule has 0 saturated carbocycles. The number of benzene rings is 8. The maximum atomic E-state index is 2.53. The van der Waals surface area contributed by atoms with Crippen LogP contribution in [0, 0.1) is 0 Å². The van der Waals surface area contributed by atoms with E-state index in [1.165, 1.54) is 72.5 Å². The van der Waals surface area contributed by atoms with Crippen molar-refractivity contribution in [1.29, 1.82) is 0 Å². The minimum Gasteiger partial charge on any atom is -0.310 e. The van der Waals surface area contributed by atoms with Crippen molar-refractivity contribution in [3.05, 3.63) is 222 Å². The Morgan fingerprint density at radius 3 is 1.34 bits per heavy atom. The number of para-hydroxylation sites is 5. The number of anilines is 6. The van der Waals surface area contributed by atoms with Crippen molar-refractivity contribution >= 4 is 55.9 Å². The third-order valence-corrected chi connectivity index (χ3v) is 12.3. The third kappa shape index (κ3) is 5.19. The van der Waals surface area contributed by atoms with Crippen LogP contribution in [0.5, 0.6) is 0 Å². The topological polar surface area (TPSA) is 11.4 Å². The zero-order valence-corrected chi connectivity index (χ0v) is 31.2. The minimum atomic E-state index is -0.0260. The van der Waals surface area contributed by atoms with Gasteiger partial charge in [0.25, 0.3) is 0 Å². The van der Waals surface area contributed by atoms with E-state index in [1.807, 2.05) is 0 Å². The van der Waals surface area contributed by atoms with Crippen LogP contribution in [0.25, 0.3) is 27.5 Å². The second-order valence-electron chi connectivity index (χ2n) is 15.3. The molecule has 2 aliphatic carbocycles. The van der Waals surface area contributed by atoms with Gasteiger partial charge in [0.15, 0.2) is 0 Å². The molecule has 56 heavy (non-hydrogen) atoms. The Morgan fingerprint density at radius 2 is 0.786 bits per heavy atom. The summed E-state index contributed by atoms with van der Waals surface area (Å²) >= 11 is 0. The van der Waals surface area contributed by atoms with Crippen LogP contribution in [-0.2, 0) is 18.3 Å². The minimum absolute atomic E-state index is 0.0260. The predicted octanol–water partition coefficient (Wildman–Crippen LogP) is 13.9. The van der Waals surface area contributed by atoms with Gasteiger partial charge < -0.3 is 14.4 Å². The normalized spacial score (nSPS) is 15.6. The Morgan fingerprint density at radius 1 is 0.357 bits per heavy atom. The van der Waals surface area contributed by atoms with Gasteiger partial charge in [0.05, 0.1) is 11.0 Å². The molecule has 11 rings (SSSR count). The lowest BCUT2D eigenvalue weighted by Gasteiger charge is -2.31. The standard InChI is InChI=1S/C53H41N3/c1-5-15-40(16-6-1)54(41-17-7-2-8-18-41)44-27-25-38-31-33-53(49(38)35-44)34-32-39-26-28-45(36-50(39)53)55(42-19-9-3-10-20-42)46-29-30-48-47-23-13-14-24-51(47)56(52(48)37-46)43-21-11-4-12-22-43/h1-30,35-37H,31-34H2/t53-/m1/s1. The molecule has 0 N–H and O–H groups in total. The van der Waals surface area contributed by atoms with E-state index < -0.39 is 0 Å². The highest BCUT2D eigenvalue weighted by atomic mass is 15.1. The smallest absolute Gasteiger partial charge is 0.0561 e. The molecule has 3 nitrogen and oxygen atoms in total. The van der Waals surface area contributed by atoms with Gasteiger partial charge in [0.2, 0.25) is 0 Å². The molecule has 9 aromatic rings. The summed E-state index contributed by atoms with van der Waals surface area (Å²) in [6.07, 6.45) is 4.45. The van der Waals surface area contributed by atoms with E-state index in [4.69, 9.17) is 0 Å². The monoisotopic (exact) mass is 719 g/mol. The van der Waals surface area contributed by atoms with E-state index in [0.29, 0.717) is 0 Å². The van der Waals surface area contributed by atoms with Gasteiger partial charge in [0, 0.05) is 56.0 Å². The van der Waals surface area contributed by atoms with Crippen LogP contribution < -0.4 is 9.80 Å². The fraction of sp³-hybridized carbons (Fsp3) is 0.0943. The van der Waals surface area contributed by atoms with Crippen LogP contribution in [0.1, 0.15) is 35.1 Å². The van der Waals surface area contributed by atoms with Crippen molar-refractivity contribution in [2.24, 2.45) is 0 Å². The second-order valence-corrected chi connectivity index (χ2v) is 15.3. The van der Waals surface area contributed by atoms with Crippen LogP contribution in [0.4, 0.5) is 34.1 Å². The summed E-state index contributed by atoms with van der Waals surface area (Å²) in [5, 5.41) is 2.52. The fourth-order valence-corrected chi connectivity index (χ4v) is 9.82. The Balaban J connectivity index is 1.06. The summed E-state index contributed by atoms with van der Waals surface area (Å²) in [5.74, 6) is 0. The molecule has 0 amide bonds. The highest BCUT2D eigenvalue weighted by Gasteiger charge is 2.45. The number of hydrogen-bond donors (Lipinski definition) is 0. The van der Waals surface area contributed by atoms with Crippen molar-refractivity contribution < 1.29 is 0 Å². The van der Waals surface area contributed by atoms with E-state index >= 15 is 0 Å². The third-order valence-electron chi connectivity index (χ3n) is 12.3. The number of fused-ring (bicyclic) bond motifs is 7. The molecule has 1 aromatic heterocycles. The maximum absolute atomic E-state index is 2.53. The average molecular weight is 720 g/mol. The first-order valence-electron chi connectivity index (χ1n) is 19.9. The van der Waals surface area contributed by atoms with Crippen LogP contribution in [0.2, 0.25) is 0 Å². The van der Waals surface area contributed by atoms with Crippen LogP contribution in [0.3, 0.4) is 0 Å². The van der Waals surface area contributed by atoms with Gasteiger partial charge in [-0.2, -0.15) is 0 Å². The van der Waals surface area contributed by atoms with Gasteiger partial charge >= 0.3 is 0 Å². The molecule has 0 saturated heterocycles. The lowest BCUT2D eigenvalue weighted by molar-refractivity contribution is 0.507. The highest BCUT2D eigenvalue weighted by Crippen LogP contribution is 2.55. The Labute approximate surface area is 328 Å². The van der Waals surface area contributed by atoms with E-state index in [2.05, 4.69) is 215 Å². The Kier molecular flexibility index (Phi) is 7.67. The number of aryl methyl sites for hydroxylation is 2. The largest absolute Gasteiger partial charge is 0.310 e. The van der Waals surface area contributed by atoms with Gasteiger partial charge in [0.1, 0.15) is 0 Å². The molecular weight excluding hydrogens is 679 g/mol. The summed E-state index contributed by atoms with van der Waals surface area (Å²) < 4.78 is 2.41. The van der Waals surface area contributed by atoms with E-state index in [0.717, 1.165) is 37.1 Å². The molecule has 2 aliphatic rings. The van der Waals surface area contributed by atoms with Crippen molar-refractivity contribution in [2.45, 2.75) is 31.1 Å². The molecule has 8 aromatic carbocycles. The van der Waals surface area contributed by atoms with Gasteiger partial charge in [-0.05, 0) is 139 Å². The van der Waals surface area contributed by atoms with Crippen molar-refractivity contribution in [3.8, 4) is 5.69 Å². The summed E-state index contributed by atoms with van der Waals surface area (Å²) in [6, 6.07) is 73.5. The molecule has 1 atom stereocenters. The summed E-state index contributed by atoms with van der Waals surface area (Å²) in [6.45, 7) is 0. The summed E-state index contributed by atoms with van der Waals surface area (Å²) in [7, 11) is 0. The number of rotatable bonds is 7. The Bertz CT molecular complexity index is 2820. The van der Waals surface area contributed by atoms with Crippen LogP contribution in [-0.4, -0.2) is 4.57 Å². The van der Waals surface area contributed by atoms with Gasteiger partial charge in [-0.1, -0.05) is 109 Å². The molecular formula is C53H41N3. The molecule has 0 bridgehead atoms. The highest BCUT2D eigenvalue weighted by molar-refractivity contribution is 6.10. The molecule has 0 radical (unpaired) electrons. The summed E-state index contributed by atoms with van der Waals surface area (Å²) in [4.78, 5) is 4.86. The first-order chi connectivity index (χ1) is 27.7. The zero-order valence-electron chi connectivity index (χ0n) is 31.2. The second kappa shape index (κ2) is 13.2. The zero-order chi connectivity index (χ0) is 37.1. The van der Waals surface area contributed by atoms with Gasteiger partial charge in [-0.25, -0.2) is 0 Å². The predicted molar refractivity (Wildman–Crippen MR) is 234 cm³/mol. The summed E-state index contributed by atoms with van der Waals surface area (Å²) in [5.41, 5.74) is 16.5. The molecule has 0 unspecified atom stereocenters.